The molecule has 3 fully saturated rings. The van der Waals surface area contributed by atoms with Crippen molar-refractivity contribution in [1.82, 2.24) is 0 Å². The minimum absolute atomic E-state index is 0.0157. The number of fused-ring (bicyclic) bond motifs is 5. The Morgan fingerprint density at radius 1 is 0.708 bits per heavy atom. The molecule has 0 aromatic carbocycles. The van der Waals surface area contributed by atoms with Gasteiger partial charge in [-0.25, -0.2) is 0 Å². The Morgan fingerprint density at radius 3 is 1.83 bits per heavy atom. The SMILES string of the molecule is CC(C)(C)OC(=O)C1CC2C3CC(C(=O)OC(C)(C)C)C(C3)C2C1. The summed E-state index contributed by atoms with van der Waals surface area (Å²) in [5, 5.41) is 0. The summed E-state index contributed by atoms with van der Waals surface area (Å²) >= 11 is 0. The topological polar surface area (TPSA) is 52.6 Å². The smallest absolute Gasteiger partial charge is 0.309 e. The van der Waals surface area contributed by atoms with E-state index in [1.807, 2.05) is 41.5 Å². The van der Waals surface area contributed by atoms with E-state index in [-0.39, 0.29) is 23.8 Å². The standard InChI is InChI=1S/C20H32O4/c1-19(2,3)23-17(21)12-9-13-11-7-15(14(13)10-12)16(8-11)18(22)24-20(4,5)6/h11-16H,7-10H2,1-6H3. The quantitative estimate of drug-likeness (QED) is 0.716. The molecule has 6 atom stereocenters. The first-order valence-corrected chi connectivity index (χ1v) is 9.40. The van der Waals surface area contributed by atoms with Gasteiger partial charge in [-0.1, -0.05) is 0 Å². The molecule has 6 unspecified atom stereocenters. The first-order valence-electron chi connectivity index (χ1n) is 9.40. The lowest BCUT2D eigenvalue weighted by molar-refractivity contribution is -0.163. The van der Waals surface area contributed by atoms with Gasteiger partial charge in [0.1, 0.15) is 11.2 Å². The lowest BCUT2D eigenvalue weighted by Crippen LogP contribution is -2.35. The lowest BCUT2D eigenvalue weighted by Gasteiger charge is -2.32. The van der Waals surface area contributed by atoms with E-state index in [2.05, 4.69) is 0 Å². The third-order valence-electron chi connectivity index (χ3n) is 5.92. The van der Waals surface area contributed by atoms with Gasteiger partial charge in [-0.15, -0.1) is 0 Å². The Morgan fingerprint density at radius 2 is 1.25 bits per heavy atom. The highest BCUT2D eigenvalue weighted by Crippen LogP contribution is 2.62. The Bertz CT molecular complexity index is 525. The van der Waals surface area contributed by atoms with E-state index in [1.165, 1.54) is 0 Å². The predicted molar refractivity (Wildman–Crippen MR) is 91.1 cm³/mol. The molecule has 4 heteroatoms. The van der Waals surface area contributed by atoms with Crippen molar-refractivity contribution in [3.63, 3.8) is 0 Å². The molecule has 0 heterocycles. The molecule has 3 aliphatic rings. The Labute approximate surface area is 145 Å². The fraction of sp³-hybridized carbons (Fsp3) is 0.900. The molecule has 0 aliphatic heterocycles. The molecule has 3 saturated carbocycles. The van der Waals surface area contributed by atoms with Gasteiger partial charge in [0.25, 0.3) is 0 Å². The third-order valence-corrected chi connectivity index (χ3v) is 5.92. The number of carbonyl (C=O) groups is 2. The van der Waals surface area contributed by atoms with Crippen molar-refractivity contribution in [2.24, 2.45) is 35.5 Å². The molecule has 136 valence electrons. The monoisotopic (exact) mass is 336 g/mol. The van der Waals surface area contributed by atoms with Crippen molar-refractivity contribution in [2.45, 2.75) is 78.4 Å². The molecule has 0 spiro atoms. The van der Waals surface area contributed by atoms with Gasteiger partial charge in [0.2, 0.25) is 0 Å². The Hall–Kier alpha value is -1.06. The number of hydrogen-bond donors (Lipinski definition) is 0. The molecule has 3 rings (SSSR count). The van der Waals surface area contributed by atoms with E-state index in [4.69, 9.17) is 9.47 Å². The number of esters is 2. The van der Waals surface area contributed by atoms with Crippen LogP contribution in [0.5, 0.6) is 0 Å². The summed E-state index contributed by atoms with van der Waals surface area (Å²) in [7, 11) is 0. The summed E-state index contributed by atoms with van der Waals surface area (Å²) in [4.78, 5) is 24.9. The molecular weight excluding hydrogens is 304 g/mol. The van der Waals surface area contributed by atoms with Crippen LogP contribution in [-0.4, -0.2) is 23.1 Å². The lowest BCUT2D eigenvalue weighted by atomic mass is 9.76. The van der Waals surface area contributed by atoms with Crippen molar-refractivity contribution in [2.75, 3.05) is 0 Å². The first-order chi connectivity index (χ1) is 10.9. The van der Waals surface area contributed by atoms with E-state index in [0.717, 1.165) is 25.7 Å². The van der Waals surface area contributed by atoms with Crippen LogP contribution < -0.4 is 0 Å². The van der Waals surface area contributed by atoms with Gasteiger partial charge in [-0.2, -0.15) is 0 Å². The molecule has 3 aliphatic carbocycles. The zero-order valence-corrected chi connectivity index (χ0v) is 15.9. The van der Waals surface area contributed by atoms with Crippen LogP contribution in [-0.2, 0) is 19.1 Å². The van der Waals surface area contributed by atoms with Gasteiger partial charge in [-0.3, -0.25) is 9.59 Å². The maximum atomic E-state index is 12.5. The van der Waals surface area contributed by atoms with E-state index in [1.54, 1.807) is 0 Å². The second-order valence-electron chi connectivity index (χ2n) is 10.1. The largest absolute Gasteiger partial charge is 0.460 e. The van der Waals surface area contributed by atoms with Crippen molar-refractivity contribution < 1.29 is 19.1 Å². The van der Waals surface area contributed by atoms with Crippen LogP contribution in [0.15, 0.2) is 0 Å². The summed E-state index contributed by atoms with van der Waals surface area (Å²) in [6.07, 6.45) is 3.92. The van der Waals surface area contributed by atoms with E-state index in [0.29, 0.717) is 23.7 Å². The Balaban J connectivity index is 1.63. The number of ether oxygens (including phenoxy) is 2. The van der Waals surface area contributed by atoms with Crippen LogP contribution >= 0.6 is 0 Å². The second kappa shape index (κ2) is 5.74. The molecule has 0 saturated heterocycles. The molecule has 4 nitrogen and oxygen atoms in total. The molecule has 0 aromatic rings. The normalized spacial score (nSPS) is 38.1. The zero-order valence-electron chi connectivity index (χ0n) is 15.9. The average molecular weight is 336 g/mol. The summed E-state index contributed by atoms with van der Waals surface area (Å²) in [6, 6.07) is 0. The minimum Gasteiger partial charge on any atom is -0.460 e. The third kappa shape index (κ3) is 3.48. The Kier molecular flexibility index (Phi) is 4.25. The molecule has 2 bridgehead atoms. The number of rotatable bonds is 2. The van der Waals surface area contributed by atoms with Crippen LogP contribution in [0.4, 0.5) is 0 Å². The molecule has 0 amide bonds. The highest BCUT2D eigenvalue weighted by Gasteiger charge is 2.59. The van der Waals surface area contributed by atoms with E-state index >= 15 is 0 Å². The van der Waals surface area contributed by atoms with Gasteiger partial charge in [0.15, 0.2) is 0 Å². The predicted octanol–water partition coefficient (Wildman–Crippen LogP) is 3.97. The van der Waals surface area contributed by atoms with Gasteiger partial charge in [0.05, 0.1) is 11.8 Å². The summed E-state index contributed by atoms with van der Waals surface area (Å²) in [6.45, 7) is 11.5. The number of hydrogen-bond acceptors (Lipinski definition) is 4. The summed E-state index contributed by atoms with van der Waals surface area (Å²) < 4.78 is 11.2. The van der Waals surface area contributed by atoms with Crippen LogP contribution in [0.1, 0.15) is 67.2 Å². The van der Waals surface area contributed by atoms with Gasteiger partial charge >= 0.3 is 11.9 Å². The summed E-state index contributed by atoms with van der Waals surface area (Å²) in [5.74, 6) is 2.06. The molecule has 24 heavy (non-hydrogen) atoms. The van der Waals surface area contributed by atoms with Gasteiger partial charge in [-0.05, 0) is 90.9 Å². The molecule has 0 N–H and O–H groups in total. The highest BCUT2D eigenvalue weighted by molar-refractivity contribution is 5.75. The molecular formula is C20H32O4. The minimum atomic E-state index is -0.424. The highest BCUT2D eigenvalue weighted by atomic mass is 16.6. The van der Waals surface area contributed by atoms with Crippen LogP contribution in [0.25, 0.3) is 0 Å². The summed E-state index contributed by atoms with van der Waals surface area (Å²) in [5.41, 5.74) is -0.847. The van der Waals surface area contributed by atoms with Crippen molar-refractivity contribution in [3.8, 4) is 0 Å². The molecule has 0 aromatic heterocycles. The van der Waals surface area contributed by atoms with Crippen LogP contribution in [0.3, 0.4) is 0 Å². The fourth-order valence-electron chi connectivity index (χ4n) is 5.30. The van der Waals surface area contributed by atoms with Crippen molar-refractivity contribution in [3.05, 3.63) is 0 Å². The van der Waals surface area contributed by atoms with Crippen LogP contribution in [0.2, 0.25) is 0 Å². The van der Waals surface area contributed by atoms with E-state index in [9.17, 15) is 9.59 Å². The average Bonchev–Trinajstić information content (AvgIpc) is 3.05. The van der Waals surface area contributed by atoms with Crippen LogP contribution in [0, 0.1) is 35.5 Å². The maximum absolute atomic E-state index is 12.5. The molecule has 0 radical (unpaired) electrons. The van der Waals surface area contributed by atoms with Crippen molar-refractivity contribution >= 4 is 11.9 Å². The van der Waals surface area contributed by atoms with E-state index < -0.39 is 11.2 Å². The number of carbonyl (C=O) groups excluding carboxylic acids is 2. The zero-order chi connectivity index (χ0) is 17.9. The maximum Gasteiger partial charge on any atom is 0.309 e. The fourth-order valence-corrected chi connectivity index (χ4v) is 5.30. The first kappa shape index (κ1) is 17.8. The van der Waals surface area contributed by atoms with Crippen molar-refractivity contribution in [1.29, 1.82) is 0 Å². The second-order valence-corrected chi connectivity index (χ2v) is 10.1. The van der Waals surface area contributed by atoms with Gasteiger partial charge in [0, 0.05) is 0 Å². The van der Waals surface area contributed by atoms with Gasteiger partial charge < -0.3 is 9.47 Å².